The molecule has 8 heteroatoms. The molecule has 1 N–H and O–H groups in total. The van der Waals surface area contributed by atoms with Gasteiger partial charge in [0.2, 0.25) is 0 Å². The number of nitro groups is 1. The lowest BCUT2D eigenvalue weighted by molar-refractivity contribution is -0.384. The van der Waals surface area contributed by atoms with Crippen molar-refractivity contribution in [1.82, 2.24) is 0 Å². The molecule has 2 aromatic carbocycles. The molecule has 142 valence electrons. The zero-order valence-electron chi connectivity index (χ0n) is 14.9. The number of hydrogen-bond acceptors (Lipinski definition) is 6. The van der Waals surface area contributed by atoms with Crippen molar-refractivity contribution in [3.8, 4) is 5.75 Å². The van der Waals surface area contributed by atoms with Gasteiger partial charge in [-0.3, -0.25) is 19.7 Å². The molecule has 1 aromatic heterocycles. The Morgan fingerprint density at radius 2 is 1.71 bits per heavy atom. The number of nitrogens with zero attached hydrogens (tertiary/aromatic N) is 1. The van der Waals surface area contributed by atoms with E-state index in [1.807, 2.05) is 0 Å². The van der Waals surface area contributed by atoms with Gasteiger partial charge in [-0.2, -0.15) is 0 Å². The normalized spacial score (nSPS) is 10.3. The van der Waals surface area contributed by atoms with Gasteiger partial charge in [0.1, 0.15) is 18.1 Å². The number of carbonyl (C=O) groups excluding carboxylic acids is 2. The summed E-state index contributed by atoms with van der Waals surface area (Å²) in [7, 11) is 0. The minimum Gasteiger partial charge on any atom is -0.486 e. The molecule has 8 nitrogen and oxygen atoms in total. The minimum atomic E-state index is -0.516. The maximum atomic E-state index is 12.2. The van der Waals surface area contributed by atoms with Crippen molar-refractivity contribution in [2.24, 2.45) is 0 Å². The highest BCUT2D eigenvalue weighted by Gasteiger charge is 2.13. The highest BCUT2D eigenvalue weighted by atomic mass is 16.6. The van der Waals surface area contributed by atoms with Crippen LogP contribution in [0.2, 0.25) is 0 Å². The monoisotopic (exact) mass is 380 g/mol. The molecule has 1 amide bonds. The zero-order valence-corrected chi connectivity index (χ0v) is 14.9. The number of non-ortho nitro benzene ring substituents is 1. The number of carbonyl (C=O) groups is 2. The summed E-state index contributed by atoms with van der Waals surface area (Å²) in [6.45, 7) is 1.60. The van der Waals surface area contributed by atoms with Gasteiger partial charge in [-0.05, 0) is 55.5 Å². The molecule has 0 unspecified atom stereocenters. The smallest absolute Gasteiger partial charge is 0.291 e. The molecule has 0 spiro atoms. The Bertz CT molecular complexity index is 1010. The third-order valence-electron chi connectivity index (χ3n) is 3.86. The van der Waals surface area contributed by atoms with Crippen LogP contribution >= 0.6 is 0 Å². The zero-order chi connectivity index (χ0) is 20.1. The summed E-state index contributed by atoms with van der Waals surface area (Å²) in [5.41, 5.74) is 0.942. The molecule has 0 radical (unpaired) electrons. The molecule has 0 saturated carbocycles. The lowest BCUT2D eigenvalue weighted by Crippen LogP contribution is -2.10. The van der Waals surface area contributed by atoms with Gasteiger partial charge in [0.05, 0.1) is 4.92 Å². The quantitative estimate of drug-likeness (QED) is 0.373. The van der Waals surface area contributed by atoms with E-state index in [0.717, 1.165) is 0 Å². The maximum Gasteiger partial charge on any atom is 0.291 e. The molecule has 0 aliphatic carbocycles. The van der Waals surface area contributed by atoms with Crippen LogP contribution in [0.4, 0.5) is 11.4 Å². The van der Waals surface area contributed by atoms with Crippen molar-refractivity contribution < 1.29 is 23.7 Å². The van der Waals surface area contributed by atoms with Gasteiger partial charge in [0, 0.05) is 23.4 Å². The molecule has 0 saturated heterocycles. The summed E-state index contributed by atoms with van der Waals surface area (Å²) in [4.78, 5) is 33.6. The van der Waals surface area contributed by atoms with Crippen LogP contribution in [-0.4, -0.2) is 16.6 Å². The number of benzene rings is 2. The highest BCUT2D eigenvalue weighted by Crippen LogP contribution is 2.18. The Kier molecular flexibility index (Phi) is 5.50. The fraction of sp³-hybridized carbons (Fsp3) is 0.100. The second kappa shape index (κ2) is 8.17. The molecule has 3 rings (SSSR count). The van der Waals surface area contributed by atoms with Crippen molar-refractivity contribution >= 4 is 23.1 Å². The van der Waals surface area contributed by atoms with Gasteiger partial charge in [-0.1, -0.05) is 0 Å². The number of nitrogens with one attached hydrogen (secondary N) is 1. The van der Waals surface area contributed by atoms with Gasteiger partial charge in [0.25, 0.3) is 11.6 Å². The van der Waals surface area contributed by atoms with Crippen molar-refractivity contribution in [3.63, 3.8) is 0 Å². The average molecular weight is 380 g/mol. The Labute approximate surface area is 159 Å². The van der Waals surface area contributed by atoms with E-state index in [1.54, 1.807) is 30.3 Å². The fourth-order valence-corrected chi connectivity index (χ4v) is 2.38. The van der Waals surface area contributed by atoms with E-state index in [1.165, 1.54) is 37.3 Å². The molecule has 0 fully saturated rings. The molecule has 0 aliphatic rings. The van der Waals surface area contributed by atoms with Crippen LogP contribution in [-0.2, 0) is 6.61 Å². The Morgan fingerprint density at radius 3 is 2.32 bits per heavy atom. The van der Waals surface area contributed by atoms with E-state index in [2.05, 4.69) is 5.32 Å². The van der Waals surface area contributed by atoms with Crippen LogP contribution in [0.25, 0.3) is 0 Å². The van der Waals surface area contributed by atoms with Crippen LogP contribution in [0, 0.1) is 10.1 Å². The van der Waals surface area contributed by atoms with Crippen molar-refractivity contribution in [2.45, 2.75) is 13.5 Å². The lowest BCUT2D eigenvalue weighted by atomic mass is 10.1. The second-order valence-corrected chi connectivity index (χ2v) is 5.89. The molecule has 28 heavy (non-hydrogen) atoms. The Morgan fingerprint density at radius 1 is 1.04 bits per heavy atom. The molecule has 0 bridgehead atoms. The molecule has 1 heterocycles. The van der Waals surface area contributed by atoms with Gasteiger partial charge in [0.15, 0.2) is 11.5 Å². The topological polar surface area (TPSA) is 112 Å². The number of ketones is 1. The number of furan rings is 1. The number of hydrogen-bond donors (Lipinski definition) is 1. The van der Waals surface area contributed by atoms with E-state index in [9.17, 15) is 19.7 Å². The van der Waals surface area contributed by atoms with E-state index in [-0.39, 0.29) is 23.8 Å². The summed E-state index contributed by atoms with van der Waals surface area (Å²) >= 11 is 0. The van der Waals surface area contributed by atoms with Crippen molar-refractivity contribution in [2.75, 3.05) is 5.32 Å². The van der Waals surface area contributed by atoms with Gasteiger partial charge in [-0.15, -0.1) is 0 Å². The predicted octanol–water partition coefficient (Wildman–Crippen LogP) is 4.22. The van der Waals surface area contributed by atoms with E-state index in [4.69, 9.17) is 9.15 Å². The molecular weight excluding hydrogens is 364 g/mol. The predicted molar refractivity (Wildman–Crippen MR) is 101 cm³/mol. The number of rotatable bonds is 7. The second-order valence-electron chi connectivity index (χ2n) is 5.89. The van der Waals surface area contributed by atoms with Crippen LogP contribution < -0.4 is 10.1 Å². The standard InChI is InChI=1S/C20H16N2O6/c1-13(23)14-2-8-17(9-3-14)27-12-18-10-11-19(28-18)20(24)21-15-4-6-16(7-5-15)22(25)26/h2-11H,12H2,1H3,(H,21,24). The summed E-state index contributed by atoms with van der Waals surface area (Å²) in [5.74, 6) is 0.596. The largest absolute Gasteiger partial charge is 0.486 e. The van der Waals surface area contributed by atoms with E-state index in [0.29, 0.717) is 22.8 Å². The number of anilines is 1. The highest BCUT2D eigenvalue weighted by molar-refractivity contribution is 6.02. The number of Topliss-reactive ketones (excluding diaryl/α,β-unsaturated/α-hetero) is 1. The van der Waals surface area contributed by atoms with E-state index >= 15 is 0 Å². The first-order valence-electron chi connectivity index (χ1n) is 8.31. The number of amides is 1. The first kappa shape index (κ1) is 18.8. The minimum absolute atomic E-state index is 0.0266. The van der Waals surface area contributed by atoms with E-state index < -0.39 is 10.8 Å². The fourth-order valence-electron chi connectivity index (χ4n) is 2.38. The third-order valence-corrected chi connectivity index (χ3v) is 3.86. The summed E-state index contributed by atoms with van der Waals surface area (Å²) in [5, 5.41) is 13.2. The Balaban J connectivity index is 1.57. The average Bonchev–Trinajstić information content (AvgIpc) is 3.16. The summed E-state index contributed by atoms with van der Waals surface area (Å²) in [6, 6.07) is 15.3. The maximum absolute atomic E-state index is 12.2. The van der Waals surface area contributed by atoms with Crippen LogP contribution in [0.5, 0.6) is 5.75 Å². The molecule has 0 aliphatic heterocycles. The van der Waals surface area contributed by atoms with Gasteiger partial charge in [-0.25, -0.2) is 0 Å². The Hall–Kier alpha value is -3.94. The summed E-state index contributed by atoms with van der Waals surface area (Å²) < 4.78 is 11.0. The number of nitro benzene ring substituents is 1. The van der Waals surface area contributed by atoms with Crippen LogP contribution in [0.3, 0.4) is 0 Å². The van der Waals surface area contributed by atoms with Crippen LogP contribution in [0.15, 0.2) is 65.1 Å². The number of ether oxygens (including phenoxy) is 1. The molecule has 0 atom stereocenters. The van der Waals surface area contributed by atoms with Crippen molar-refractivity contribution in [3.05, 3.63) is 87.9 Å². The first-order valence-corrected chi connectivity index (χ1v) is 8.31. The lowest BCUT2D eigenvalue weighted by Gasteiger charge is -2.05. The van der Waals surface area contributed by atoms with Crippen LogP contribution in [0.1, 0.15) is 33.6 Å². The first-order chi connectivity index (χ1) is 13.4. The summed E-state index contributed by atoms with van der Waals surface area (Å²) in [6.07, 6.45) is 0. The SMILES string of the molecule is CC(=O)c1ccc(OCc2ccc(C(=O)Nc3ccc([N+](=O)[O-])cc3)o2)cc1. The van der Waals surface area contributed by atoms with Gasteiger partial charge < -0.3 is 14.5 Å². The van der Waals surface area contributed by atoms with Crippen molar-refractivity contribution in [1.29, 1.82) is 0 Å². The van der Waals surface area contributed by atoms with Gasteiger partial charge >= 0.3 is 0 Å². The molecule has 3 aromatic rings. The third kappa shape index (κ3) is 4.61. The molecular formula is C20H16N2O6.